The number of pyridine rings is 1. The lowest BCUT2D eigenvalue weighted by Crippen LogP contribution is -2.22. The molecule has 4 heteroatoms. The molecule has 0 aromatic carbocycles. The van der Waals surface area contributed by atoms with Crippen LogP contribution >= 0.6 is 0 Å². The molecule has 2 heterocycles. The average Bonchev–Trinajstić information content (AvgIpc) is 2.84. The molecule has 1 aliphatic rings. The molecule has 90 valence electrons. The van der Waals surface area contributed by atoms with E-state index in [1.54, 1.807) is 18.5 Å². The van der Waals surface area contributed by atoms with Crippen LogP contribution in [0.3, 0.4) is 0 Å². The fourth-order valence-corrected chi connectivity index (χ4v) is 2.25. The molecule has 0 radical (unpaired) electrons. The van der Waals surface area contributed by atoms with E-state index in [4.69, 9.17) is 5.26 Å². The van der Waals surface area contributed by atoms with Gasteiger partial charge in [0, 0.05) is 19.3 Å². The Morgan fingerprint density at radius 2 is 2.53 bits per heavy atom. The molecule has 0 amide bonds. The summed E-state index contributed by atoms with van der Waals surface area (Å²) >= 11 is 0. The Hall–Kier alpha value is -1.60. The van der Waals surface area contributed by atoms with Crippen molar-refractivity contribution in [3.8, 4) is 6.07 Å². The summed E-state index contributed by atoms with van der Waals surface area (Å²) in [5.41, 5.74) is 1.52. The van der Waals surface area contributed by atoms with E-state index in [9.17, 15) is 0 Å². The number of nitriles is 1. The van der Waals surface area contributed by atoms with Crippen molar-refractivity contribution in [2.75, 3.05) is 31.5 Å². The van der Waals surface area contributed by atoms with Gasteiger partial charge in [-0.2, -0.15) is 5.26 Å². The molecule has 1 aliphatic heterocycles. The first-order valence-corrected chi connectivity index (χ1v) is 6.13. The minimum absolute atomic E-state index is 0.672. The Kier molecular flexibility index (Phi) is 3.94. The predicted octanol–water partition coefficient (Wildman–Crippen LogP) is 1.71. The van der Waals surface area contributed by atoms with Gasteiger partial charge in [0.1, 0.15) is 6.07 Å². The molecule has 1 aromatic heterocycles. The third-order valence-electron chi connectivity index (χ3n) is 3.34. The molecule has 0 bridgehead atoms. The molecule has 2 rings (SSSR count). The third-order valence-corrected chi connectivity index (χ3v) is 3.34. The number of nitrogens with one attached hydrogen (secondary N) is 1. The van der Waals surface area contributed by atoms with Crippen LogP contribution in [0.15, 0.2) is 18.5 Å². The Labute approximate surface area is 102 Å². The minimum atomic E-state index is 0.672. The molecular weight excluding hydrogens is 212 g/mol. The molecule has 1 saturated heterocycles. The summed E-state index contributed by atoms with van der Waals surface area (Å²) in [6, 6.07) is 3.92. The van der Waals surface area contributed by atoms with E-state index in [1.165, 1.54) is 13.0 Å². The molecule has 1 unspecified atom stereocenters. The van der Waals surface area contributed by atoms with E-state index >= 15 is 0 Å². The van der Waals surface area contributed by atoms with Gasteiger partial charge in [0.15, 0.2) is 0 Å². The van der Waals surface area contributed by atoms with Gasteiger partial charge in [-0.25, -0.2) is 0 Å². The van der Waals surface area contributed by atoms with E-state index in [0.717, 1.165) is 25.3 Å². The van der Waals surface area contributed by atoms with Crippen LogP contribution in [0.25, 0.3) is 0 Å². The van der Waals surface area contributed by atoms with Gasteiger partial charge >= 0.3 is 0 Å². The molecule has 4 nitrogen and oxygen atoms in total. The Morgan fingerprint density at radius 1 is 1.65 bits per heavy atom. The third kappa shape index (κ3) is 2.95. The summed E-state index contributed by atoms with van der Waals surface area (Å²) in [4.78, 5) is 6.50. The van der Waals surface area contributed by atoms with Crippen LogP contribution in [0.1, 0.15) is 18.9 Å². The molecule has 17 heavy (non-hydrogen) atoms. The largest absolute Gasteiger partial charge is 0.382 e. The second kappa shape index (κ2) is 5.65. The highest BCUT2D eigenvalue weighted by Gasteiger charge is 2.20. The van der Waals surface area contributed by atoms with Crippen molar-refractivity contribution in [1.29, 1.82) is 5.26 Å². The number of anilines is 1. The summed E-state index contributed by atoms with van der Waals surface area (Å²) in [7, 11) is 0. The second-order valence-corrected chi connectivity index (χ2v) is 4.46. The lowest BCUT2D eigenvalue weighted by molar-refractivity contribution is 0.345. The summed E-state index contributed by atoms with van der Waals surface area (Å²) in [6.07, 6.45) is 4.62. The van der Waals surface area contributed by atoms with E-state index < -0.39 is 0 Å². The van der Waals surface area contributed by atoms with Crippen molar-refractivity contribution in [3.05, 3.63) is 24.0 Å². The van der Waals surface area contributed by atoms with Crippen LogP contribution < -0.4 is 5.32 Å². The maximum atomic E-state index is 8.96. The summed E-state index contributed by atoms with van der Waals surface area (Å²) < 4.78 is 0. The Morgan fingerprint density at radius 3 is 3.24 bits per heavy atom. The van der Waals surface area contributed by atoms with Gasteiger partial charge in [0.25, 0.3) is 0 Å². The summed E-state index contributed by atoms with van der Waals surface area (Å²) in [5.74, 6) is 0.682. The van der Waals surface area contributed by atoms with E-state index in [2.05, 4.69) is 28.2 Å². The number of nitrogens with zero attached hydrogens (tertiary/aromatic N) is 3. The van der Waals surface area contributed by atoms with Gasteiger partial charge in [-0.1, -0.05) is 6.92 Å². The van der Waals surface area contributed by atoms with Crippen molar-refractivity contribution >= 4 is 5.69 Å². The first-order valence-electron chi connectivity index (χ1n) is 6.13. The molecule has 1 N–H and O–H groups in total. The van der Waals surface area contributed by atoms with Crippen molar-refractivity contribution in [3.63, 3.8) is 0 Å². The first kappa shape index (κ1) is 11.9. The fraction of sp³-hybridized carbons (Fsp3) is 0.538. The number of likely N-dealkylation sites (tertiary alicyclic amines) is 1. The zero-order valence-electron chi connectivity index (χ0n) is 10.2. The zero-order valence-corrected chi connectivity index (χ0v) is 10.2. The van der Waals surface area contributed by atoms with Gasteiger partial charge < -0.3 is 10.2 Å². The van der Waals surface area contributed by atoms with Gasteiger partial charge in [-0.3, -0.25) is 4.98 Å². The van der Waals surface area contributed by atoms with Gasteiger partial charge in [-0.05, 0) is 31.5 Å². The van der Waals surface area contributed by atoms with Gasteiger partial charge in [0.2, 0.25) is 0 Å². The average molecular weight is 230 g/mol. The number of hydrogen-bond donors (Lipinski definition) is 1. The minimum Gasteiger partial charge on any atom is -0.382 e. The molecule has 0 saturated carbocycles. The fourth-order valence-electron chi connectivity index (χ4n) is 2.25. The molecule has 0 spiro atoms. The Balaban J connectivity index is 1.88. The van der Waals surface area contributed by atoms with Crippen LogP contribution in [-0.4, -0.2) is 36.1 Å². The zero-order chi connectivity index (χ0) is 12.1. The van der Waals surface area contributed by atoms with Crippen LogP contribution in [-0.2, 0) is 0 Å². The van der Waals surface area contributed by atoms with Gasteiger partial charge in [0.05, 0.1) is 17.4 Å². The predicted molar refractivity (Wildman–Crippen MR) is 67.7 cm³/mol. The highest BCUT2D eigenvalue weighted by atomic mass is 15.1. The van der Waals surface area contributed by atoms with Crippen LogP contribution in [0, 0.1) is 17.2 Å². The van der Waals surface area contributed by atoms with Crippen LogP contribution in [0.4, 0.5) is 5.69 Å². The number of aromatic nitrogens is 1. The number of hydrogen-bond acceptors (Lipinski definition) is 4. The van der Waals surface area contributed by atoms with Crippen molar-refractivity contribution in [2.45, 2.75) is 13.3 Å². The smallest absolute Gasteiger partial charge is 0.101 e. The second-order valence-electron chi connectivity index (χ2n) is 4.46. The van der Waals surface area contributed by atoms with E-state index in [0.29, 0.717) is 11.5 Å². The lowest BCUT2D eigenvalue weighted by atomic mass is 10.1. The van der Waals surface area contributed by atoms with Crippen LogP contribution in [0.2, 0.25) is 0 Å². The van der Waals surface area contributed by atoms with E-state index in [1.807, 2.05) is 0 Å². The summed E-state index contributed by atoms with van der Waals surface area (Å²) in [5, 5.41) is 12.3. The van der Waals surface area contributed by atoms with Crippen molar-refractivity contribution in [1.82, 2.24) is 9.88 Å². The molecule has 1 aromatic rings. The molecular formula is C13H18N4. The molecule has 0 aliphatic carbocycles. The van der Waals surface area contributed by atoms with Crippen molar-refractivity contribution < 1.29 is 0 Å². The monoisotopic (exact) mass is 230 g/mol. The topological polar surface area (TPSA) is 52.0 Å². The standard InChI is InChI=1S/C13H18N4/c1-2-17-6-4-11(10-17)8-16-13-9-15-5-3-12(13)7-14/h3,5,9,11,16H,2,4,6,8,10H2,1H3. The molecule has 1 fully saturated rings. The first-order chi connectivity index (χ1) is 8.33. The molecule has 1 atom stereocenters. The van der Waals surface area contributed by atoms with Crippen LogP contribution in [0.5, 0.6) is 0 Å². The van der Waals surface area contributed by atoms with E-state index in [-0.39, 0.29) is 0 Å². The normalized spacial score (nSPS) is 20.1. The highest BCUT2D eigenvalue weighted by molar-refractivity contribution is 5.55. The highest BCUT2D eigenvalue weighted by Crippen LogP contribution is 2.18. The van der Waals surface area contributed by atoms with Crippen molar-refractivity contribution in [2.24, 2.45) is 5.92 Å². The SMILES string of the molecule is CCN1CCC(CNc2cnccc2C#N)C1. The Bertz CT molecular complexity index is 410. The number of rotatable bonds is 4. The lowest BCUT2D eigenvalue weighted by Gasteiger charge is -2.14. The maximum absolute atomic E-state index is 8.96. The summed E-state index contributed by atoms with van der Waals surface area (Å²) in [6.45, 7) is 6.61. The quantitative estimate of drug-likeness (QED) is 0.855. The maximum Gasteiger partial charge on any atom is 0.101 e. The van der Waals surface area contributed by atoms with Gasteiger partial charge in [-0.15, -0.1) is 0 Å².